The van der Waals surface area contributed by atoms with Gasteiger partial charge in [-0.25, -0.2) is 0 Å². The summed E-state index contributed by atoms with van der Waals surface area (Å²) in [5.41, 5.74) is 0.911. The molecule has 1 unspecified atom stereocenters. The van der Waals surface area contributed by atoms with E-state index in [0.717, 1.165) is 5.69 Å². The zero-order chi connectivity index (χ0) is 8.81. The van der Waals surface area contributed by atoms with Crippen molar-refractivity contribution in [3.8, 4) is 0 Å². The molecule has 2 nitrogen and oxygen atoms in total. The monoisotopic (exact) mass is 163 g/mol. The molecular weight excluding hydrogens is 150 g/mol. The van der Waals surface area contributed by atoms with Crippen LogP contribution in [0.25, 0.3) is 0 Å². The first-order valence-electron chi connectivity index (χ1n) is 4.03. The number of rotatable bonds is 4. The van der Waals surface area contributed by atoms with Crippen LogP contribution in [0.3, 0.4) is 0 Å². The molecule has 0 aliphatic heterocycles. The summed E-state index contributed by atoms with van der Waals surface area (Å²) in [5, 5.41) is 0. The summed E-state index contributed by atoms with van der Waals surface area (Å²) < 4.78 is 5.40. The van der Waals surface area contributed by atoms with Crippen LogP contribution in [0.5, 0.6) is 0 Å². The maximum Gasteiger partial charge on any atom is 0.117 e. The summed E-state index contributed by atoms with van der Waals surface area (Å²) in [6.45, 7) is 6.32. The molecule has 0 aliphatic rings. The van der Waals surface area contributed by atoms with Gasteiger partial charge < -0.3 is 4.74 Å². The minimum atomic E-state index is -0.0730. The Bertz CT molecular complexity index is 233. The molecule has 1 atom stereocenters. The first-order valence-corrected chi connectivity index (χ1v) is 4.03. The van der Waals surface area contributed by atoms with E-state index < -0.39 is 0 Å². The van der Waals surface area contributed by atoms with E-state index in [1.807, 2.05) is 25.1 Å². The largest absolute Gasteiger partial charge is 0.368 e. The Labute approximate surface area is 72.9 Å². The number of pyridine rings is 1. The van der Waals surface area contributed by atoms with Gasteiger partial charge in [0.15, 0.2) is 0 Å². The van der Waals surface area contributed by atoms with E-state index in [-0.39, 0.29) is 6.10 Å². The van der Waals surface area contributed by atoms with Crippen molar-refractivity contribution < 1.29 is 4.74 Å². The lowest BCUT2D eigenvalue weighted by Crippen LogP contribution is -2.02. The molecule has 0 fully saturated rings. The van der Waals surface area contributed by atoms with Crippen molar-refractivity contribution in [2.75, 3.05) is 6.61 Å². The van der Waals surface area contributed by atoms with Crippen molar-refractivity contribution in [1.82, 2.24) is 4.98 Å². The molecule has 0 aromatic carbocycles. The molecule has 2 heteroatoms. The van der Waals surface area contributed by atoms with Crippen molar-refractivity contribution in [2.24, 2.45) is 0 Å². The van der Waals surface area contributed by atoms with Gasteiger partial charge in [0, 0.05) is 12.8 Å². The predicted molar refractivity (Wildman–Crippen MR) is 48.8 cm³/mol. The summed E-state index contributed by atoms with van der Waals surface area (Å²) in [7, 11) is 0. The molecule has 0 N–H and O–H groups in total. The first kappa shape index (κ1) is 8.94. The van der Waals surface area contributed by atoms with Crippen LogP contribution in [0, 0.1) is 0 Å². The second kappa shape index (κ2) is 4.67. The molecule has 1 aromatic rings. The fraction of sp³-hybridized carbons (Fsp3) is 0.300. The molecule has 0 bridgehead atoms. The second-order valence-electron chi connectivity index (χ2n) is 2.37. The number of aromatic nitrogens is 1. The fourth-order valence-corrected chi connectivity index (χ4v) is 0.998. The molecule has 0 aliphatic carbocycles. The molecule has 0 saturated heterocycles. The topological polar surface area (TPSA) is 22.1 Å². The van der Waals surface area contributed by atoms with Crippen LogP contribution in [0.4, 0.5) is 0 Å². The van der Waals surface area contributed by atoms with E-state index in [4.69, 9.17) is 4.74 Å². The molecule has 64 valence electrons. The Morgan fingerprint density at radius 2 is 2.50 bits per heavy atom. The Morgan fingerprint density at radius 1 is 1.67 bits per heavy atom. The van der Waals surface area contributed by atoms with Crippen LogP contribution in [0.15, 0.2) is 37.1 Å². The lowest BCUT2D eigenvalue weighted by molar-refractivity contribution is 0.0941. The third-order valence-electron chi connectivity index (χ3n) is 1.54. The number of ether oxygens (including phenoxy) is 1. The highest BCUT2D eigenvalue weighted by Crippen LogP contribution is 2.14. The first-order chi connectivity index (χ1) is 5.88. The maximum absolute atomic E-state index is 5.40. The van der Waals surface area contributed by atoms with Gasteiger partial charge in [0.25, 0.3) is 0 Å². The third-order valence-corrected chi connectivity index (χ3v) is 1.54. The lowest BCUT2D eigenvalue weighted by atomic mass is 10.2. The lowest BCUT2D eigenvalue weighted by Gasteiger charge is -2.10. The summed E-state index contributed by atoms with van der Waals surface area (Å²) in [5.74, 6) is 0. The van der Waals surface area contributed by atoms with E-state index in [1.54, 1.807) is 12.3 Å². The quantitative estimate of drug-likeness (QED) is 0.635. The van der Waals surface area contributed by atoms with Crippen LogP contribution in [0.2, 0.25) is 0 Å². The van der Waals surface area contributed by atoms with Crippen molar-refractivity contribution in [3.05, 3.63) is 42.7 Å². The van der Waals surface area contributed by atoms with Crippen molar-refractivity contribution in [1.29, 1.82) is 0 Å². The summed E-state index contributed by atoms with van der Waals surface area (Å²) in [4.78, 5) is 4.17. The van der Waals surface area contributed by atoms with Gasteiger partial charge >= 0.3 is 0 Å². The normalized spacial score (nSPS) is 12.4. The van der Waals surface area contributed by atoms with Gasteiger partial charge in [-0.2, -0.15) is 0 Å². The molecule has 12 heavy (non-hydrogen) atoms. The molecule has 0 saturated carbocycles. The van der Waals surface area contributed by atoms with Gasteiger partial charge in [0.2, 0.25) is 0 Å². The van der Waals surface area contributed by atoms with Gasteiger partial charge in [-0.1, -0.05) is 12.1 Å². The number of nitrogens with zero attached hydrogens (tertiary/aromatic N) is 1. The van der Waals surface area contributed by atoms with Crippen LogP contribution in [-0.2, 0) is 4.74 Å². The summed E-state index contributed by atoms with van der Waals surface area (Å²) in [6, 6.07) is 5.76. The zero-order valence-corrected chi connectivity index (χ0v) is 7.23. The number of hydrogen-bond acceptors (Lipinski definition) is 2. The standard InChI is InChI=1S/C10H13NO/c1-3-10(12-4-2)9-7-5-6-8-11-9/h3,5-8,10H,1,4H2,2H3. The highest BCUT2D eigenvalue weighted by Gasteiger charge is 2.05. The Kier molecular flexibility index (Phi) is 3.48. The predicted octanol–water partition coefficient (Wildman–Crippen LogP) is 2.35. The van der Waals surface area contributed by atoms with Crippen LogP contribution in [-0.4, -0.2) is 11.6 Å². The van der Waals surface area contributed by atoms with Gasteiger partial charge in [0.05, 0.1) is 5.69 Å². The molecule has 1 aromatic heterocycles. The van der Waals surface area contributed by atoms with Crippen molar-refractivity contribution >= 4 is 0 Å². The molecular formula is C10H13NO. The highest BCUT2D eigenvalue weighted by molar-refractivity contribution is 5.11. The summed E-state index contributed by atoms with van der Waals surface area (Å²) >= 11 is 0. The average molecular weight is 163 g/mol. The van der Waals surface area contributed by atoms with E-state index in [0.29, 0.717) is 6.61 Å². The maximum atomic E-state index is 5.40. The van der Waals surface area contributed by atoms with Crippen molar-refractivity contribution in [2.45, 2.75) is 13.0 Å². The second-order valence-corrected chi connectivity index (χ2v) is 2.37. The molecule has 1 rings (SSSR count). The van der Waals surface area contributed by atoms with E-state index in [9.17, 15) is 0 Å². The van der Waals surface area contributed by atoms with Gasteiger partial charge in [-0.15, -0.1) is 6.58 Å². The van der Waals surface area contributed by atoms with Gasteiger partial charge in [-0.05, 0) is 19.1 Å². The van der Waals surface area contributed by atoms with E-state index in [2.05, 4.69) is 11.6 Å². The molecule has 0 amide bonds. The average Bonchev–Trinajstić information content (AvgIpc) is 2.15. The smallest absolute Gasteiger partial charge is 0.117 e. The minimum Gasteiger partial charge on any atom is -0.368 e. The van der Waals surface area contributed by atoms with Crippen molar-refractivity contribution in [3.63, 3.8) is 0 Å². The van der Waals surface area contributed by atoms with Crippen LogP contribution in [0.1, 0.15) is 18.7 Å². The molecule has 0 radical (unpaired) electrons. The van der Waals surface area contributed by atoms with Gasteiger partial charge in [-0.3, -0.25) is 4.98 Å². The van der Waals surface area contributed by atoms with Gasteiger partial charge in [0.1, 0.15) is 6.10 Å². The fourth-order valence-electron chi connectivity index (χ4n) is 0.998. The molecule has 0 spiro atoms. The Morgan fingerprint density at radius 3 is 3.00 bits per heavy atom. The summed E-state index contributed by atoms with van der Waals surface area (Å²) in [6.07, 6.45) is 3.44. The zero-order valence-electron chi connectivity index (χ0n) is 7.23. The minimum absolute atomic E-state index is 0.0730. The highest BCUT2D eigenvalue weighted by atomic mass is 16.5. The SMILES string of the molecule is C=CC(OCC)c1ccccn1. The Balaban J connectivity index is 2.73. The number of hydrogen-bond donors (Lipinski definition) is 0. The van der Waals surface area contributed by atoms with Crippen LogP contribution < -0.4 is 0 Å². The van der Waals surface area contributed by atoms with Crippen LogP contribution >= 0.6 is 0 Å². The Hall–Kier alpha value is -1.15. The van der Waals surface area contributed by atoms with E-state index >= 15 is 0 Å². The van der Waals surface area contributed by atoms with E-state index in [1.165, 1.54) is 0 Å². The third kappa shape index (κ3) is 2.17. The molecule has 1 heterocycles.